The third-order valence-corrected chi connectivity index (χ3v) is 8.83. The van der Waals surface area contributed by atoms with E-state index in [0.717, 1.165) is 0 Å². The summed E-state index contributed by atoms with van der Waals surface area (Å²) in [4.78, 5) is 29.8. The molecule has 0 aromatic heterocycles. The summed E-state index contributed by atoms with van der Waals surface area (Å²) in [6.07, 6.45) is -0.659. The zero-order chi connectivity index (χ0) is 32.0. The Morgan fingerprint density at radius 3 is 2.27 bits per heavy atom. The number of aliphatic hydroxyl groups excluding tert-OH is 1. The molecule has 1 heterocycles. The zero-order valence-corrected chi connectivity index (χ0v) is 26.1. The Morgan fingerprint density at radius 2 is 1.68 bits per heavy atom. The highest BCUT2D eigenvalue weighted by molar-refractivity contribution is 7.92. The van der Waals surface area contributed by atoms with E-state index in [1.807, 2.05) is 6.92 Å². The Bertz CT molecular complexity index is 1560. The standard InChI is InChI=1S/C31H38N4O8S/c1-20-17-35(21(2)19-36)30(37)26-7-6-8-27(33-44(39,40)25-15-13-24(42-5)14-16-25)29(26)43-28(20)18-34(3)31(38)32-22-9-11-23(41-4)12-10-22/h6-16,20-21,28,33,36H,17-19H2,1-5H3,(H,32,38)/t20-,21+,28-/m0/s1. The van der Waals surface area contributed by atoms with E-state index in [1.54, 1.807) is 57.5 Å². The van der Waals surface area contributed by atoms with Crippen LogP contribution in [-0.4, -0.2) is 88.4 Å². The number of ether oxygens (including phenoxy) is 3. The van der Waals surface area contributed by atoms with Gasteiger partial charge in [-0.1, -0.05) is 13.0 Å². The van der Waals surface area contributed by atoms with Crippen LogP contribution >= 0.6 is 0 Å². The molecular formula is C31H38N4O8S. The number of anilines is 2. The van der Waals surface area contributed by atoms with E-state index in [2.05, 4.69) is 10.0 Å². The van der Waals surface area contributed by atoms with Crippen molar-refractivity contribution in [3.05, 3.63) is 72.3 Å². The molecule has 12 nitrogen and oxygen atoms in total. The lowest BCUT2D eigenvalue weighted by Gasteiger charge is -2.38. The maximum atomic E-state index is 13.7. The molecule has 0 saturated carbocycles. The van der Waals surface area contributed by atoms with Gasteiger partial charge in [0.05, 0.1) is 49.6 Å². The van der Waals surface area contributed by atoms with E-state index in [-0.39, 0.29) is 47.5 Å². The number of methoxy groups -OCH3 is 2. The molecule has 0 unspecified atom stereocenters. The topological polar surface area (TPSA) is 147 Å². The number of benzene rings is 3. The predicted molar refractivity (Wildman–Crippen MR) is 166 cm³/mol. The van der Waals surface area contributed by atoms with Crippen LogP contribution in [0.5, 0.6) is 17.2 Å². The summed E-state index contributed by atoms with van der Waals surface area (Å²) >= 11 is 0. The highest BCUT2D eigenvalue weighted by Gasteiger charge is 2.35. The molecule has 3 aromatic carbocycles. The molecule has 3 amide bonds. The second-order valence-corrected chi connectivity index (χ2v) is 12.3. The van der Waals surface area contributed by atoms with Gasteiger partial charge in [-0.3, -0.25) is 9.52 Å². The number of rotatable bonds is 10. The summed E-state index contributed by atoms with van der Waals surface area (Å²) in [7, 11) is 0.571. The summed E-state index contributed by atoms with van der Waals surface area (Å²) in [5.41, 5.74) is 0.763. The van der Waals surface area contributed by atoms with Crippen molar-refractivity contribution in [3.8, 4) is 17.2 Å². The second-order valence-electron chi connectivity index (χ2n) is 10.6. The minimum absolute atomic E-state index is 0.0107. The van der Waals surface area contributed by atoms with Crippen molar-refractivity contribution in [2.45, 2.75) is 30.9 Å². The Morgan fingerprint density at radius 1 is 1.07 bits per heavy atom. The Balaban J connectivity index is 1.66. The summed E-state index contributed by atoms with van der Waals surface area (Å²) in [5.74, 6) is 0.455. The summed E-state index contributed by atoms with van der Waals surface area (Å²) in [6, 6.07) is 16.5. The first-order valence-corrected chi connectivity index (χ1v) is 15.5. The van der Waals surface area contributed by atoms with Crippen molar-refractivity contribution < 1.29 is 37.3 Å². The van der Waals surface area contributed by atoms with Crippen LogP contribution in [0.3, 0.4) is 0 Å². The van der Waals surface area contributed by atoms with Crippen molar-refractivity contribution in [2.24, 2.45) is 5.92 Å². The van der Waals surface area contributed by atoms with E-state index in [1.165, 1.54) is 47.2 Å². The second kappa shape index (κ2) is 13.9. The van der Waals surface area contributed by atoms with Gasteiger partial charge in [0.1, 0.15) is 17.6 Å². The quantitative estimate of drug-likeness (QED) is 0.307. The number of para-hydroxylation sites is 1. The van der Waals surface area contributed by atoms with Gasteiger partial charge in [-0.25, -0.2) is 13.2 Å². The van der Waals surface area contributed by atoms with Crippen LogP contribution in [0.25, 0.3) is 0 Å². The minimum Gasteiger partial charge on any atom is -0.497 e. The third-order valence-electron chi connectivity index (χ3n) is 7.45. The molecule has 3 atom stereocenters. The lowest BCUT2D eigenvalue weighted by molar-refractivity contribution is 0.0373. The van der Waals surface area contributed by atoms with Crippen LogP contribution in [0.1, 0.15) is 24.2 Å². The van der Waals surface area contributed by atoms with E-state index < -0.39 is 34.1 Å². The Kier molecular flexibility index (Phi) is 10.2. The molecule has 236 valence electrons. The molecule has 0 spiro atoms. The van der Waals surface area contributed by atoms with Crippen LogP contribution < -0.4 is 24.2 Å². The van der Waals surface area contributed by atoms with Gasteiger partial charge < -0.3 is 34.4 Å². The van der Waals surface area contributed by atoms with E-state index in [4.69, 9.17) is 14.2 Å². The lowest BCUT2D eigenvalue weighted by atomic mass is 9.99. The number of carbonyl (C=O) groups excluding carboxylic acids is 2. The number of nitrogens with zero attached hydrogens (tertiary/aromatic N) is 2. The van der Waals surface area contributed by atoms with Crippen LogP contribution in [0.15, 0.2) is 71.6 Å². The molecule has 44 heavy (non-hydrogen) atoms. The lowest BCUT2D eigenvalue weighted by Crippen LogP contribution is -2.50. The third kappa shape index (κ3) is 7.34. The van der Waals surface area contributed by atoms with E-state index >= 15 is 0 Å². The fourth-order valence-corrected chi connectivity index (χ4v) is 5.81. The zero-order valence-electron chi connectivity index (χ0n) is 25.3. The fraction of sp³-hybridized carbons (Fsp3) is 0.355. The summed E-state index contributed by atoms with van der Waals surface area (Å²) in [5, 5.41) is 12.8. The number of hydrogen-bond donors (Lipinski definition) is 3. The average molecular weight is 627 g/mol. The molecule has 0 fully saturated rings. The summed E-state index contributed by atoms with van der Waals surface area (Å²) in [6.45, 7) is 3.68. The van der Waals surface area contributed by atoms with Crippen molar-refractivity contribution in [1.82, 2.24) is 9.80 Å². The number of nitrogens with one attached hydrogen (secondary N) is 2. The SMILES string of the molecule is COc1ccc(NC(=O)N(C)C[C@@H]2Oc3c(NS(=O)(=O)c4ccc(OC)cc4)cccc3C(=O)N([C@H](C)CO)C[C@@H]2C)cc1. The smallest absolute Gasteiger partial charge is 0.321 e. The number of amides is 3. The molecule has 3 N–H and O–H groups in total. The molecule has 3 aromatic rings. The molecule has 0 bridgehead atoms. The molecule has 4 rings (SSSR count). The monoisotopic (exact) mass is 626 g/mol. The molecule has 1 aliphatic heterocycles. The van der Waals surface area contributed by atoms with Crippen molar-refractivity contribution in [3.63, 3.8) is 0 Å². The van der Waals surface area contributed by atoms with Gasteiger partial charge in [-0.15, -0.1) is 0 Å². The number of likely N-dealkylation sites (N-methyl/N-ethyl adjacent to an activating group) is 1. The largest absolute Gasteiger partial charge is 0.497 e. The Hall–Kier alpha value is -4.49. The number of sulfonamides is 1. The van der Waals surface area contributed by atoms with Crippen molar-refractivity contribution in [1.29, 1.82) is 0 Å². The molecule has 0 radical (unpaired) electrons. The van der Waals surface area contributed by atoms with Crippen LogP contribution in [-0.2, 0) is 10.0 Å². The molecule has 1 aliphatic rings. The number of fused-ring (bicyclic) bond motifs is 1. The normalized spacial score (nSPS) is 17.3. The molecule has 13 heteroatoms. The number of carbonyl (C=O) groups is 2. The maximum Gasteiger partial charge on any atom is 0.321 e. The first-order valence-electron chi connectivity index (χ1n) is 14.0. The number of urea groups is 1. The van der Waals surface area contributed by atoms with Gasteiger partial charge in [0.2, 0.25) is 0 Å². The van der Waals surface area contributed by atoms with Gasteiger partial charge in [0.25, 0.3) is 15.9 Å². The first-order chi connectivity index (χ1) is 21.0. The molecular weight excluding hydrogens is 588 g/mol. The fourth-order valence-electron chi connectivity index (χ4n) is 4.75. The average Bonchev–Trinajstić information content (AvgIpc) is 3.02. The van der Waals surface area contributed by atoms with Crippen LogP contribution in [0.2, 0.25) is 0 Å². The van der Waals surface area contributed by atoms with Gasteiger partial charge >= 0.3 is 6.03 Å². The number of aliphatic hydroxyl groups is 1. The Labute approximate surface area is 257 Å². The highest BCUT2D eigenvalue weighted by Crippen LogP contribution is 2.36. The van der Waals surface area contributed by atoms with Gasteiger partial charge in [-0.2, -0.15) is 0 Å². The van der Waals surface area contributed by atoms with Crippen molar-refractivity contribution in [2.75, 3.05) is 51.0 Å². The molecule has 0 aliphatic carbocycles. The molecule has 0 saturated heterocycles. The van der Waals surface area contributed by atoms with Crippen molar-refractivity contribution >= 4 is 33.3 Å². The summed E-state index contributed by atoms with van der Waals surface area (Å²) < 4.78 is 46.0. The minimum atomic E-state index is -4.09. The maximum absolute atomic E-state index is 13.7. The first kappa shape index (κ1) is 32.4. The van der Waals surface area contributed by atoms with E-state index in [9.17, 15) is 23.1 Å². The van der Waals surface area contributed by atoms with Gasteiger partial charge in [0, 0.05) is 25.2 Å². The number of hydrogen-bond acceptors (Lipinski definition) is 8. The van der Waals surface area contributed by atoms with Gasteiger partial charge in [-0.05, 0) is 67.6 Å². The predicted octanol–water partition coefficient (Wildman–Crippen LogP) is 3.89. The van der Waals surface area contributed by atoms with Gasteiger partial charge in [0.15, 0.2) is 5.75 Å². The van der Waals surface area contributed by atoms with Crippen LogP contribution in [0.4, 0.5) is 16.2 Å². The van der Waals surface area contributed by atoms with E-state index in [0.29, 0.717) is 17.2 Å². The van der Waals surface area contributed by atoms with Crippen LogP contribution in [0, 0.1) is 5.92 Å². The highest BCUT2D eigenvalue weighted by atomic mass is 32.2.